The van der Waals surface area contributed by atoms with Gasteiger partial charge >= 0.3 is 6.03 Å². The number of pyridine rings is 7. The summed E-state index contributed by atoms with van der Waals surface area (Å²) in [6, 6.07) is 54.4. The second-order valence-corrected chi connectivity index (χ2v) is 24.7. The smallest absolute Gasteiger partial charge is 0.348 e. The van der Waals surface area contributed by atoms with Crippen molar-refractivity contribution in [2.75, 3.05) is 29.5 Å². The van der Waals surface area contributed by atoms with E-state index in [4.69, 9.17) is 5.11 Å². The van der Waals surface area contributed by atoms with E-state index in [1.165, 1.54) is 30.6 Å². The maximum absolute atomic E-state index is 13.4. The zero-order valence-electron chi connectivity index (χ0n) is 60.4. The number of likely N-dealkylation sites (N-methyl/N-ethyl adjacent to an activating group) is 1. The fourth-order valence-electron chi connectivity index (χ4n) is 9.25. The number of guanidine groups is 1. The third-order valence-electron chi connectivity index (χ3n) is 14.4. The molecule has 12 aromatic rings. The lowest BCUT2D eigenvalue weighted by Crippen LogP contribution is -2.29. The predicted molar refractivity (Wildman–Crippen MR) is 417 cm³/mol. The van der Waals surface area contributed by atoms with Crippen molar-refractivity contribution in [2.24, 2.45) is 4.99 Å². The minimum atomic E-state index is -0.684. The summed E-state index contributed by atoms with van der Waals surface area (Å²) in [5.41, 5.74) is 14.7. The van der Waals surface area contributed by atoms with E-state index >= 15 is 0 Å². The van der Waals surface area contributed by atoms with Gasteiger partial charge in [-0.1, -0.05) is 84.1 Å². The molecule has 0 radical (unpaired) electrons. The van der Waals surface area contributed by atoms with E-state index in [0.29, 0.717) is 45.5 Å². The first-order chi connectivity index (χ1) is 51.9. The number of urea groups is 1. The minimum absolute atomic E-state index is 0.0400. The minimum Gasteiger partial charge on any atom is -0.392 e. The average Bonchev–Trinajstić information content (AvgIpc) is 1.23. The number of hydrogen-bond donors (Lipinski definition) is 5. The molecule has 13 rings (SSSR count). The van der Waals surface area contributed by atoms with Crippen LogP contribution in [0.3, 0.4) is 0 Å². The molecule has 108 heavy (non-hydrogen) atoms. The molecule has 0 atom stereocenters. The molecular weight excluding hydrogens is 1430 g/mol. The lowest BCUT2D eigenvalue weighted by atomic mass is 10.1. The van der Waals surface area contributed by atoms with Crippen molar-refractivity contribution < 1.29 is 33.1 Å². The summed E-state index contributed by atoms with van der Waals surface area (Å²) in [7, 11) is 1.69. The summed E-state index contributed by atoms with van der Waals surface area (Å²) in [4.78, 5) is 85.6. The zero-order valence-corrected chi connectivity index (χ0v) is 61.9. The molecule has 5 amide bonds. The van der Waals surface area contributed by atoms with Crippen LogP contribution in [-0.4, -0.2) is 103 Å². The summed E-state index contributed by atoms with van der Waals surface area (Å²) < 4.78 is 27.6. The van der Waals surface area contributed by atoms with Gasteiger partial charge in [-0.25, -0.2) is 43.5 Å². The Morgan fingerprint density at radius 3 is 1.70 bits per heavy atom. The van der Waals surface area contributed by atoms with Crippen LogP contribution < -0.4 is 21.3 Å². The van der Waals surface area contributed by atoms with Gasteiger partial charge in [0.15, 0.2) is 0 Å². The van der Waals surface area contributed by atoms with Crippen molar-refractivity contribution in [2.45, 2.75) is 62.0 Å². The highest BCUT2D eigenvalue weighted by Crippen LogP contribution is 2.23. The summed E-state index contributed by atoms with van der Waals surface area (Å²) in [6.07, 6.45) is 10.0. The quantitative estimate of drug-likeness (QED) is 0.0927. The van der Waals surface area contributed by atoms with E-state index in [0.717, 1.165) is 83.6 Å². The van der Waals surface area contributed by atoms with Crippen LogP contribution in [0.25, 0.3) is 11.1 Å². The highest BCUT2D eigenvalue weighted by molar-refractivity contribution is 9.10. The van der Waals surface area contributed by atoms with E-state index < -0.39 is 23.6 Å². The van der Waals surface area contributed by atoms with Gasteiger partial charge in [-0.2, -0.15) is 10.1 Å². The molecule has 9 heterocycles. The number of aromatic nitrogens is 10. The van der Waals surface area contributed by atoms with Gasteiger partial charge < -0.3 is 26.0 Å². The maximum Gasteiger partial charge on any atom is 0.348 e. The number of anilines is 3. The number of carbonyl (C=O) groups excluding carboxylic acids is 4. The number of rotatable bonds is 7. The van der Waals surface area contributed by atoms with Crippen molar-refractivity contribution in [1.82, 2.24) is 60.3 Å². The van der Waals surface area contributed by atoms with Gasteiger partial charge in [0, 0.05) is 88.0 Å². The van der Waals surface area contributed by atoms with Crippen molar-refractivity contribution >= 4 is 63.0 Å². The molecule has 0 bridgehead atoms. The molecule has 1 saturated heterocycles. The monoisotopic (exact) mass is 1500 g/mol. The standard InChI is InChI=1S/C18H13F2N3O.C15H13NO.C14H14N2O.C13H9BrN2.C12H14N4O2.C12H10N4/c1-11-3-2-4-17(22-11)23-18(24)16-9-12(5-6-21-16)13-7-14(19)10-15(20)8-13;1-12-5-7-15(16-10-12)8-6-13-3-2-4-14(9-13)11-17;1-10-5-3-7-12(9-10)14(17)16-13-8-4-6-11(2)15-13;1-10-2-4-13(16-7-10)5-3-11-6-12(14)9-15-8-11;1-8-4-3-5-9(6-8)13-12(18)15-11-14-10(17)7-16(11)2;1-9-4-3-5-11(14-9)6-7-12-8-13-16-10(2)15-12/h2-10H,1H3,(H,22,23,24);2-5,7,9-10,17H,11H2,1H3;3-9H,1-2H3,(H,15,16,17);2,4,6-9H,1H3;3-6H,7H2,1-2H3,(H2,13,14,15,17,18);3-5,8H,1-2H3. The Hall–Kier alpha value is -13.7. The molecule has 540 valence electrons. The molecule has 0 aliphatic carbocycles. The van der Waals surface area contributed by atoms with Crippen LogP contribution in [0.4, 0.5) is 30.9 Å². The van der Waals surface area contributed by atoms with Crippen LogP contribution in [0.1, 0.15) is 105 Å². The summed E-state index contributed by atoms with van der Waals surface area (Å²) in [5.74, 6) is 17.6. The number of halogens is 3. The first kappa shape index (κ1) is 80.0. The number of carbonyl (C=O) groups is 4. The fraction of sp³-hybridized carbons (Fsp3) is 0.131. The van der Waals surface area contributed by atoms with Crippen LogP contribution in [0, 0.1) is 103 Å². The first-order valence-corrected chi connectivity index (χ1v) is 34.0. The number of nitrogens with zero attached hydrogens (tertiary/aromatic N) is 12. The van der Waals surface area contributed by atoms with Crippen molar-refractivity contribution in [3.05, 3.63) is 337 Å². The first-order valence-electron chi connectivity index (χ1n) is 33.2. The van der Waals surface area contributed by atoms with Crippen molar-refractivity contribution in [1.29, 1.82) is 0 Å². The predicted octanol–water partition coefficient (Wildman–Crippen LogP) is 14.4. The van der Waals surface area contributed by atoms with Gasteiger partial charge in [-0.05, 0) is 244 Å². The normalized spacial score (nSPS) is 11.0. The van der Waals surface area contributed by atoms with Crippen LogP contribution in [0.2, 0.25) is 0 Å². The second kappa shape index (κ2) is 40.9. The Labute approximate surface area is 633 Å². The Bertz CT molecular complexity index is 5310. The number of aliphatic imine (C=N–C) groups is 1. The SMILES string of the molecule is Cc1ccc(C#Cc2cccc(CO)c2)nc1.Cc1ccc(C#Cc2cncc(Br)c2)nc1.Cc1cccc(C#Cc2cnnc(C)n2)n1.Cc1cccc(C(=O)Nc2cccc(C)n2)c1.Cc1cccc(NC(=O)N=C2NC(=O)CN2C)c1.Cc1cccc(NC(=O)c2cc(-c3cc(F)cc(F)c3)ccn2)n1. The fourth-order valence-corrected chi connectivity index (χ4v) is 9.61. The zero-order chi connectivity index (χ0) is 77.3. The van der Waals surface area contributed by atoms with E-state index in [1.807, 2.05) is 182 Å². The van der Waals surface area contributed by atoms with Crippen molar-refractivity contribution in [3.63, 3.8) is 0 Å². The van der Waals surface area contributed by atoms with Gasteiger partial charge in [0.05, 0.1) is 19.3 Å². The van der Waals surface area contributed by atoms with Gasteiger partial charge in [-0.3, -0.25) is 29.7 Å². The summed E-state index contributed by atoms with van der Waals surface area (Å²) in [5, 5.41) is 27.1. The van der Waals surface area contributed by atoms with Crippen LogP contribution in [0.15, 0.2) is 235 Å². The van der Waals surface area contributed by atoms with Gasteiger partial charge in [0.25, 0.3) is 11.8 Å². The lowest BCUT2D eigenvalue weighted by Gasteiger charge is -2.08. The number of amides is 5. The molecule has 1 aliphatic heterocycles. The molecule has 5 N–H and O–H groups in total. The number of aryl methyl sites for hydroxylation is 8. The lowest BCUT2D eigenvalue weighted by molar-refractivity contribution is -0.118. The molecule has 0 saturated carbocycles. The van der Waals surface area contributed by atoms with Crippen LogP contribution >= 0.6 is 15.9 Å². The number of aliphatic hydroxyl groups excluding tert-OH is 1. The topological polar surface area (TPSA) is 281 Å². The van der Waals surface area contributed by atoms with Crippen LogP contribution in [0.5, 0.6) is 0 Å². The van der Waals surface area contributed by atoms with E-state index in [-0.39, 0.29) is 36.6 Å². The Morgan fingerprint density at radius 2 is 1.12 bits per heavy atom. The Balaban J connectivity index is 0.000000164. The molecule has 0 spiro atoms. The third kappa shape index (κ3) is 28.1. The van der Waals surface area contributed by atoms with E-state index in [9.17, 15) is 28.0 Å². The number of benzene rings is 4. The molecular formula is C84H73BrF2N16O5. The summed E-state index contributed by atoms with van der Waals surface area (Å²) >= 11 is 3.35. The molecule has 24 heteroatoms. The molecule has 1 aliphatic rings. The van der Waals surface area contributed by atoms with Gasteiger partial charge in [0.2, 0.25) is 11.9 Å². The Morgan fingerprint density at radius 1 is 0.528 bits per heavy atom. The van der Waals surface area contributed by atoms with Gasteiger partial charge in [0.1, 0.15) is 57.6 Å². The van der Waals surface area contributed by atoms with Crippen molar-refractivity contribution in [3.8, 4) is 46.6 Å². The second-order valence-electron chi connectivity index (χ2n) is 23.8. The highest BCUT2D eigenvalue weighted by atomic mass is 79.9. The largest absolute Gasteiger partial charge is 0.392 e. The van der Waals surface area contributed by atoms with Crippen LogP contribution in [-0.2, 0) is 11.4 Å². The van der Waals surface area contributed by atoms with E-state index in [2.05, 4.69) is 128 Å². The van der Waals surface area contributed by atoms with Gasteiger partial charge in [-0.15, -0.1) is 5.10 Å². The molecule has 21 nitrogen and oxygen atoms in total. The number of nitrogens with one attached hydrogen (secondary N) is 4. The molecule has 0 unspecified atom stereocenters. The molecule has 1 fully saturated rings. The Kier molecular flexibility index (Phi) is 30.3. The third-order valence-corrected chi connectivity index (χ3v) is 14.8. The average molecular weight is 1500 g/mol. The summed E-state index contributed by atoms with van der Waals surface area (Å²) in [6.45, 7) is 15.6. The molecule has 4 aromatic carbocycles. The molecule has 8 aromatic heterocycles. The maximum atomic E-state index is 13.4. The number of hydrogen-bond acceptors (Lipinski definition) is 15. The highest BCUT2D eigenvalue weighted by Gasteiger charge is 2.22. The van der Waals surface area contributed by atoms with E-state index in [1.54, 1.807) is 73.9 Å². The number of aliphatic hydroxyl groups is 1.